The normalized spacial score (nSPS) is 11.5. The predicted octanol–water partition coefficient (Wildman–Crippen LogP) is 5.16. The molecule has 0 N–H and O–H groups in total. The van der Waals surface area contributed by atoms with Crippen molar-refractivity contribution in [1.82, 2.24) is 19.1 Å². The van der Waals surface area contributed by atoms with E-state index in [0.717, 1.165) is 55.3 Å². The van der Waals surface area contributed by atoms with Gasteiger partial charge in [0.25, 0.3) is 0 Å². The standard InChI is InChI=1S/C28H22N4O2/c1-31-27-23-14-19(21-13-20-5-3-4-6-24(20)29-15-21)9-12-25(23)30-16-26(27)32(28(31)33)17-18-7-10-22(34-2)11-8-18/h3-16H,17H2,1-2H3. The Bertz CT molecular complexity index is 1750. The van der Waals surface area contributed by atoms with Gasteiger partial charge < -0.3 is 4.74 Å². The Morgan fingerprint density at radius 1 is 0.853 bits per heavy atom. The number of benzene rings is 3. The second-order valence-corrected chi connectivity index (χ2v) is 8.42. The summed E-state index contributed by atoms with van der Waals surface area (Å²) in [6, 6.07) is 24.2. The molecule has 0 saturated carbocycles. The zero-order chi connectivity index (χ0) is 23.2. The Morgan fingerprint density at radius 2 is 1.65 bits per heavy atom. The molecule has 166 valence electrons. The molecule has 3 aromatic heterocycles. The number of ether oxygens (including phenoxy) is 1. The molecular formula is C28H22N4O2. The van der Waals surface area contributed by atoms with Crippen LogP contribution in [0.25, 0.3) is 44.0 Å². The molecule has 0 aliphatic rings. The Morgan fingerprint density at radius 3 is 2.47 bits per heavy atom. The average molecular weight is 447 g/mol. The third-order valence-corrected chi connectivity index (χ3v) is 6.39. The molecule has 0 fully saturated rings. The molecule has 6 heteroatoms. The van der Waals surface area contributed by atoms with Crippen molar-refractivity contribution in [3.63, 3.8) is 0 Å². The SMILES string of the molecule is COc1ccc(Cn2c(=O)n(C)c3c4cc(-c5cnc6ccccc6c5)ccc4ncc32)cc1. The van der Waals surface area contributed by atoms with Crippen molar-refractivity contribution < 1.29 is 4.74 Å². The number of aryl methyl sites for hydroxylation is 1. The van der Waals surface area contributed by atoms with Gasteiger partial charge in [0.05, 0.1) is 41.9 Å². The fourth-order valence-corrected chi connectivity index (χ4v) is 4.57. The van der Waals surface area contributed by atoms with E-state index >= 15 is 0 Å². The lowest BCUT2D eigenvalue weighted by molar-refractivity contribution is 0.414. The average Bonchev–Trinajstić information content (AvgIpc) is 3.13. The van der Waals surface area contributed by atoms with E-state index in [2.05, 4.69) is 34.2 Å². The molecule has 6 aromatic rings. The van der Waals surface area contributed by atoms with Crippen LogP contribution in [0, 0.1) is 0 Å². The molecule has 0 amide bonds. The number of aromatic nitrogens is 4. The number of nitrogens with zero attached hydrogens (tertiary/aromatic N) is 4. The van der Waals surface area contributed by atoms with E-state index in [1.807, 2.05) is 61.8 Å². The number of imidazole rings is 1. The number of methoxy groups -OCH3 is 1. The summed E-state index contributed by atoms with van der Waals surface area (Å²) in [5.74, 6) is 0.789. The van der Waals surface area contributed by atoms with Crippen LogP contribution in [0.2, 0.25) is 0 Å². The summed E-state index contributed by atoms with van der Waals surface area (Å²) in [5, 5.41) is 2.03. The van der Waals surface area contributed by atoms with Crippen LogP contribution in [0.4, 0.5) is 0 Å². The first-order chi connectivity index (χ1) is 16.6. The first kappa shape index (κ1) is 20.2. The van der Waals surface area contributed by atoms with Gasteiger partial charge in [0.2, 0.25) is 0 Å². The zero-order valence-corrected chi connectivity index (χ0v) is 18.9. The lowest BCUT2D eigenvalue weighted by Gasteiger charge is -2.08. The van der Waals surface area contributed by atoms with E-state index in [1.54, 1.807) is 22.4 Å². The van der Waals surface area contributed by atoms with Crippen molar-refractivity contribution in [2.24, 2.45) is 7.05 Å². The molecule has 0 spiro atoms. The van der Waals surface area contributed by atoms with Crippen LogP contribution in [-0.4, -0.2) is 26.2 Å². The second kappa shape index (κ2) is 7.85. The summed E-state index contributed by atoms with van der Waals surface area (Å²) >= 11 is 0. The maximum Gasteiger partial charge on any atom is 0.329 e. The first-order valence-electron chi connectivity index (χ1n) is 11.1. The second-order valence-electron chi connectivity index (χ2n) is 8.42. The predicted molar refractivity (Wildman–Crippen MR) is 135 cm³/mol. The van der Waals surface area contributed by atoms with Gasteiger partial charge in [0, 0.05) is 29.6 Å². The summed E-state index contributed by atoms with van der Waals surface area (Å²) < 4.78 is 8.74. The number of fused-ring (bicyclic) bond motifs is 4. The third-order valence-electron chi connectivity index (χ3n) is 6.39. The first-order valence-corrected chi connectivity index (χ1v) is 11.1. The van der Waals surface area contributed by atoms with Crippen LogP contribution < -0.4 is 10.4 Å². The Hall–Kier alpha value is -4.45. The van der Waals surface area contributed by atoms with E-state index in [1.165, 1.54) is 0 Å². The molecule has 6 rings (SSSR count). The topological polar surface area (TPSA) is 61.9 Å². The third kappa shape index (κ3) is 3.23. The molecule has 34 heavy (non-hydrogen) atoms. The van der Waals surface area contributed by atoms with Crippen molar-refractivity contribution in [2.75, 3.05) is 7.11 Å². The van der Waals surface area contributed by atoms with E-state index in [4.69, 9.17) is 4.74 Å². The van der Waals surface area contributed by atoms with Crippen LogP contribution in [0.3, 0.4) is 0 Å². The summed E-state index contributed by atoms with van der Waals surface area (Å²) in [6.45, 7) is 0.460. The number of rotatable bonds is 4. The lowest BCUT2D eigenvalue weighted by atomic mass is 10.0. The summed E-state index contributed by atoms with van der Waals surface area (Å²) in [5.41, 5.74) is 6.51. The Labute approximate surface area is 195 Å². The smallest absolute Gasteiger partial charge is 0.329 e. The molecule has 0 unspecified atom stereocenters. The molecule has 0 aliphatic heterocycles. The minimum atomic E-state index is -0.0714. The molecule has 3 heterocycles. The lowest BCUT2D eigenvalue weighted by Crippen LogP contribution is -2.22. The minimum absolute atomic E-state index is 0.0714. The maximum absolute atomic E-state index is 13.2. The van der Waals surface area contributed by atoms with E-state index in [0.29, 0.717) is 6.54 Å². The maximum atomic E-state index is 13.2. The van der Waals surface area contributed by atoms with Crippen molar-refractivity contribution in [3.05, 3.63) is 101 Å². The molecule has 6 nitrogen and oxygen atoms in total. The molecular weight excluding hydrogens is 424 g/mol. The highest BCUT2D eigenvalue weighted by Crippen LogP contribution is 2.29. The van der Waals surface area contributed by atoms with E-state index in [9.17, 15) is 4.79 Å². The van der Waals surface area contributed by atoms with Gasteiger partial charge in [-0.3, -0.25) is 19.1 Å². The van der Waals surface area contributed by atoms with Gasteiger partial charge in [-0.15, -0.1) is 0 Å². The van der Waals surface area contributed by atoms with Gasteiger partial charge in [-0.05, 0) is 47.5 Å². The number of hydrogen-bond donors (Lipinski definition) is 0. The fourth-order valence-electron chi connectivity index (χ4n) is 4.57. The molecule has 3 aromatic carbocycles. The van der Waals surface area contributed by atoms with E-state index in [-0.39, 0.29) is 5.69 Å². The summed E-state index contributed by atoms with van der Waals surface area (Å²) in [7, 11) is 3.46. The zero-order valence-electron chi connectivity index (χ0n) is 18.9. The van der Waals surface area contributed by atoms with Gasteiger partial charge >= 0.3 is 5.69 Å². The van der Waals surface area contributed by atoms with Gasteiger partial charge in [0.15, 0.2) is 0 Å². The minimum Gasteiger partial charge on any atom is -0.497 e. The number of pyridine rings is 2. The fraction of sp³-hybridized carbons (Fsp3) is 0.107. The van der Waals surface area contributed by atoms with Gasteiger partial charge in [0.1, 0.15) is 5.75 Å². The van der Waals surface area contributed by atoms with Gasteiger partial charge in [-0.25, -0.2) is 4.79 Å². The van der Waals surface area contributed by atoms with Crippen molar-refractivity contribution in [2.45, 2.75) is 6.54 Å². The van der Waals surface area contributed by atoms with Crippen LogP contribution >= 0.6 is 0 Å². The van der Waals surface area contributed by atoms with Crippen molar-refractivity contribution in [1.29, 1.82) is 0 Å². The van der Waals surface area contributed by atoms with Crippen LogP contribution in [0.1, 0.15) is 5.56 Å². The largest absolute Gasteiger partial charge is 0.497 e. The molecule has 0 radical (unpaired) electrons. The van der Waals surface area contributed by atoms with Crippen molar-refractivity contribution >= 4 is 32.8 Å². The highest BCUT2D eigenvalue weighted by Gasteiger charge is 2.15. The van der Waals surface area contributed by atoms with Crippen LogP contribution in [0.5, 0.6) is 5.75 Å². The number of hydrogen-bond acceptors (Lipinski definition) is 4. The molecule has 0 saturated heterocycles. The summed E-state index contributed by atoms with van der Waals surface area (Å²) in [6.07, 6.45) is 3.69. The van der Waals surface area contributed by atoms with Crippen LogP contribution in [0.15, 0.2) is 90.0 Å². The molecule has 0 atom stereocenters. The highest BCUT2D eigenvalue weighted by molar-refractivity contribution is 6.04. The van der Waals surface area contributed by atoms with Gasteiger partial charge in [-0.2, -0.15) is 0 Å². The van der Waals surface area contributed by atoms with Gasteiger partial charge in [-0.1, -0.05) is 36.4 Å². The number of para-hydroxylation sites is 1. The Kier molecular flexibility index (Phi) is 4.66. The summed E-state index contributed by atoms with van der Waals surface area (Å²) in [4.78, 5) is 22.5. The molecule has 0 aliphatic carbocycles. The van der Waals surface area contributed by atoms with Crippen molar-refractivity contribution in [3.8, 4) is 16.9 Å². The Balaban J connectivity index is 1.51. The highest BCUT2D eigenvalue weighted by atomic mass is 16.5. The quantitative estimate of drug-likeness (QED) is 0.375. The molecule has 0 bridgehead atoms. The van der Waals surface area contributed by atoms with E-state index < -0.39 is 0 Å². The monoisotopic (exact) mass is 446 g/mol. The van der Waals surface area contributed by atoms with Crippen LogP contribution in [-0.2, 0) is 13.6 Å².